The summed E-state index contributed by atoms with van der Waals surface area (Å²) in [6.07, 6.45) is 1.78. The highest BCUT2D eigenvalue weighted by atomic mass is 16.1. The van der Waals surface area contributed by atoms with Crippen LogP contribution >= 0.6 is 0 Å². The molecule has 0 aliphatic heterocycles. The number of rotatable bonds is 0. The molecule has 3 aliphatic carbocycles. The molecule has 0 bridgehead atoms. The van der Waals surface area contributed by atoms with Crippen LogP contribution in [0.15, 0.2) is 91.0 Å². The number of fused-ring (bicyclic) bond motifs is 8. The summed E-state index contributed by atoms with van der Waals surface area (Å²) >= 11 is 0. The fraction of sp³-hybridized carbons (Fsp3) is 0.139. The SMILES string of the molecule is Cc1cc2c3c4c5c(ccc14)Cc1c(ccc4ccccc14)C5C(=O)C3c1ccc3ccccc3c1C2. The van der Waals surface area contributed by atoms with Gasteiger partial charge in [0, 0.05) is 0 Å². The molecular weight excluding hydrogens is 448 g/mol. The van der Waals surface area contributed by atoms with Gasteiger partial charge >= 0.3 is 0 Å². The minimum absolute atomic E-state index is 0.211. The molecule has 0 saturated heterocycles. The normalized spacial score (nSPS) is 18.8. The number of hydrogen-bond acceptors (Lipinski definition) is 1. The van der Waals surface area contributed by atoms with Gasteiger partial charge in [0.1, 0.15) is 0 Å². The summed E-state index contributed by atoms with van der Waals surface area (Å²) in [6, 6.07) is 33.2. The van der Waals surface area contributed by atoms with Gasteiger partial charge in [-0.2, -0.15) is 0 Å². The Morgan fingerprint density at radius 2 is 1.16 bits per heavy atom. The van der Waals surface area contributed by atoms with Crippen LogP contribution in [0.3, 0.4) is 0 Å². The van der Waals surface area contributed by atoms with Crippen LogP contribution in [0.5, 0.6) is 0 Å². The predicted octanol–water partition coefficient (Wildman–Crippen LogP) is 8.11. The third kappa shape index (κ3) is 2.38. The molecule has 37 heavy (non-hydrogen) atoms. The Balaban J connectivity index is 1.43. The van der Waals surface area contributed by atoms with Crippen LogP contribution < -0.4 is 0 Å². The molecule has 0 fully saturated rings. The summed E-state index contributed by atoms with van der Waals surface area (Å²) < 4.78 is 0. The number of Topliss-reactive ketones (excluding diaryl/α,β-unsaturated/α-hetero) is 1. The molecule has 6 aromatic rings. The van der Waals surface area contributed by atoms with Gasteiger partial charge in [-0.15, -0.1) is 0 Å². The molecule has 2 unspecified atom stereocenters. The summed E-state index contributed by atoms with van der Waals surface area (Å²) in [7, 11) is 0. The molecule has 0 N–H and O–H groups in total. The zero-order chi connectivity index (χ0) is 24.4. The fourth-order valence-electron chi connectivity index (χ4n) is 7.91. The quantitative estimate of drug-likeness (QED) is 0.218. The van der Waals surface area contributed by atoms with Gasteiger partial charge in [0.05, 0.1) is 11.8 Å². The molecule has 0 heterocycles. The number of ketones is 1. The molecule has 0 aromatic heterocycles. The summed E-state index contributed by atoms with van der Waals surface area (Å²) in [5.74, 6) is -0.0768. The summed E-state index contributed by atoms with van der Waals surface area (Å²) in [5.41, 5.74) is 11.6. The first kappa shape index (κ1) is 19.9. The van der Waals surface area contributed by atoms with Crippen LogP contribution in [-0.2, 0) is 17.6 Å². The zero-order valence-electron chi connectivity index (χ0n) is 20.6. The van der Waals surface area contributed by atoms with Crippen molar-refractivity contribution in [1.29, 1.82) is 0 Å². The van der Waals surface area contributed by atoms with Gasteiger partial charge in [-0.25, -0.2) is 0 Å². The van der Waals surface area contributed by atoms with E-state index in [4.69, 9.17) is 0 Å². The summed E-state index contributed by atoms with van der Waals surface area (Å²) in [5, 5.41) is 7.74. The maximum absolute atomic E-state index is 14.8. The van der Waals surface area contributed by atoms with Gasteiger partial charge in [0.15, 0.2) is 5.78 Å². The molecule has 2 atom stereocenters. The summed E-state index contributed by atoms with van der Waals surface area (Å²) in [4.78, 5) is 14.8. The topological polar surface area (TPSA) is 17.1 Å². The Hall–Kier alpha value is -4.23. The molecule has 1 heteroatoms. The van der Waals surface area contributed by atoms with Crippen LogP contribution in [0.25, 0.3) is 32.3 Å². The van der Waals surface area contributed by atoms with Gasteiger partial charge in [-0.05, 0) is 102 Å². The van der Waals surface area contributed by atoms with Crippen molar-refractivity contribution in [2.45, 2.75) is 31.6 Å². The lowest BCUT2D eigenvalue weighted by Gasteiger charge is -2.41. The van der Waals surface area contributed by atoms with E-state index < -0.39 is 0 Å². The van der Waals surface area contributed by atoms with E-state index in [1.54, 1.807) is 0 Å². The average Bonchev–Trinajstić information content (AvgIpc) is 2.94. The maximum Gasteiger partial charge on any atom is 0.156 e. The number of aryl methyl sites for hydroxylation is 1. The van der Waals surface area contributed by atoms with Crippen molar-refractivity contribution >= 4 is 38.1 Å². The van der Waals surface area contributed by atoms with E-state index in [2.05, 4.69) is 97.9 Å². The lowest BCUT2D eigenvalue weighted by Crippen LogP contribution is -2.34. The van der Waals surface area contributed by atoms with E-state index in [-0.39, 0.29) is 11.8 Å². The van der Waals surface area contributed by atoms with E-state index in [0.29, 0.717) is 5.78 Å². The Morgan fingerprint density at radius 3 is 1.81 bits per heavy atom. The Labute approximate surface area is 215 Å². The first-order valence-electron chi connectivity index (χ1n) is 13.3. The first-order valence-corrected chi connectivity index (χ1v) is 13.3. The minimum Gasteiger partial charge on any atom is -0.298 e. The monoisotopic (exact) mass is 472 g/mol. The van der Waals surface area contributed by atoms with Crippen molar-refractivity contribution in [3.05, 3.63) is 141 Å². The average molecular weight is 473 g/mol. The highest BCUT2D eigenvalue weighted by Gasteiger charge is 2.45. The van der Waals surface area contributed by atoms with Crippen molar-refractivity contribution < 1.29 is 4.79 Å². The third-order valence-corrected chi connectivity index (χ3v) is 9.42. The Bertz CT molecular complexity index is 2000. The van der Waals surface area contributed by atoms with E-state index in [0.717, 1.165) is 12.8 Å². The fourth-order valence-corrected chi connectivity index (χ4v) is 7.91. The molecule has 0 saturated carbocycles. The largest absolute Gasteiger partial charge is 0.298 e. The van der Waals surface area contributed by atoms with E-state index in [9.17, 15) is 4.79 Å². The zero-order valence-corrected chi connectivity index (χ0v) is 20.6. The van der Waals surface area contributed by atoms with Gasteiger partial charge in [0.2, 0.25) is 0 Å². The highest BCUT2D eigenvalue weighted by molar-refractivity contribution is 6.12. The molecular formula is C36H24O. The number of carbonyl (C=O) groups excluding carboxylic acids is 1. The van der Waals surface area contributed by atoms with Gasteiger partial charge in [-0.3, -0.25) is 4.79 Å². The summed E-state index contributed by atoms with van der Waals surface area (Å²) in [6.45, 7) is 2.24. The lowest BCUT2D eigenvalue weighted by atomic mass is 9.61. The van der Waals surface area contributed by atoms with Crippen molar-refractivity contribution in [2.24, 2.45) is 0 Å². The Kier molecular flexibility index (Phi) is 3.63. The molecule has 0 radical (unpaired) electrons. The lowest BCUT2D eigenvalue weighted by molar-refractivity contribution is -0.120. The van der Waals surface area contributed by atoms with Crippen LogP contribution in [0.2, 0.25) is 0 Å². The number of carbonyl (C=O) groups is 1. The minimum atomic E-state index is -0.211. The van der Waals surface area contributed by atoms with E-state index >= 15 is 0 Å². The van der Waals surface area contributed by atoms with Crippen molar-refractivity contribution in [3.8, 4) is 0 Å². The Morgan fingerprint density at radius 1 is 0.595 bits per heavy atom. The van der Waals surface area contributed by atoms with Crippen LogP contribution in [0.1, 0.15) is 61.9 Å². The second-order valence-electron chi connectivity index (χ2n) is 11.2. The van der Waals surface area contributed by atoms with Crippen molar-refractivity contribution in [1.82, 2.24) is 0 Å². The van der Waals surface area contributed by atoms with Gasteiger partial charge in [-0.1, -0.05) is 91.0 Å². The molecule has 3 aliphatic rings. The molecule has 174 valence electrons. The van der Waals surface area contributed by atoms with Crippen LogP contribution in [0.4, 0.5) is 0 Å². The molecule has 9 rings (SSSR count). The van der Waals surface area contributed by atoms with Crippen LogP contribution in [-0.4, -0.2) is 5.78 Å². The van der Waals surface area contributed by atoms with E-state index in [1.807, 2.05) is 0 Å². The second-order valence-corrected chi connectivity index (χ2v) is 11.2. The molecule has 0 spiro atoms. The molecule has 6 aromatic carbocycles. The predicted molar refractivity (Wildman–Crippen MR) is 151 cm³/mol. The smallest absolute Gasteiger partial charge is 0.156 e. The van der Waals surface area contributed by atoms with Gasteiger partial charge in [0.25, 0.3) is 0 Å². The highest BCUT2D eigenvalue weighted by Crippen LogP contribution is 2.55. The molecule has 1 nitrogen and oxygen atoms in total. The van der Waals surface area contributed by atoms with Crippen molar-refractivity contribution in [3.63, 3.8) is 0 Å². The number of benzene rings is 6. The standard InChI is InChI=1S/C36H24O/c1-19-16-23-18-30-26-9-5-3-7-21(26)11-15-28(30)35-32(23)33-24(19)13-12-22-17-29-25-8-4-2-6-20(25)10-14-27(29)34(31(22)33)36(35)37/h2-16,34-35H,17-18H2,1H3. The van der Waals surface area contributed by atoms with Gasteiger partial charge < -0.3 is 0 Å². The molecule has 0 amide bonds. The van der Waals surface area contributed by atoms with E-state index in [1.165, 1.54) is 82.4 Å². The van der Waals surface area contributed by atoms with Crippen molar-refractivity contribution in [2.75, 3.05) is 0 Å². The van der Waals surface area contributed by atoms with Crippen LogP contribution in [0, 0.1) is 6.92 Å². The second kappa shape index (κ2) is 6.75. The maximum atomic E-state index is 14.8. The first-order chi connectivity index (χ1) is 18.2. The number of hydrogen-bond donors (Lipinski definition) is 0. The third-order valence-electron chi connectivity index (χ3n) is 9.42.